The smallest absolute Gasteiger partial charge is 0.338 e. The highest BCUT2D eigenvalue weighted by molar-refractivity contribution is 7.80. The van der Waals surface area contributed by atoms with Crippen molar-refractivity contribution in [2.45, 2.75) is 33.4 Å². The molecule has 0 saturated carbocycles. The predicted octanol–water partition coefficient (Wildman–Crippen LogP) is 5.86. The molecule has 13 heteroatoms. The number of hydrogen-bond acceptors (Lipinski definition) is 8. The molecule has 236 valence electrons. The number of halogens is 2. The topological polar surface area (TPSA) is 120 Å². The average molecular weight is 672 g/mol. The molecule has 0 aromatic heterocycles. The molecule has 0 fully saturated rings. The van der Waals surface area contributed by atoms with Crippen LogP contribution in [0.1, 0.15) is 43.5 Å². The van der Waals surface area contributed by atoms with E-state index in [4.69, 9.17) is 54.4 Å². The highest BCUT2D eigenvalue weighted by atomic mass is 35.5. The minimum atomic E-state index is -0.634. The minimum absolute atomic E-state index is 0.218. The van der Waals surface area contributed by atoms with Crippen molar-refractivity contribution >= 4 is 58.6 Å². The van der Waals surface area contributed by atoms with E-state index in [1.807, 2.05) is 6.92 Å². The summed E-state index contributed by atoms with van der Waals surface area (Å²) in [7, 11) is 0. The lowest BCUT2D eigenvalue weighted by Crippen LogP contribution is -2.45. The summed E-state index contributed by atoms with van der Waals surface area (Å²) in [6.45, 7) is 5.88. The van der Waals surface area contributed by atoms with Crippen LogP contribution in [-0.2, 0) is 20.9 Å². The van der Waals surface area contributed by atoms with E-state index in [-0.39, 0.29) is 19.8 Å². The van der Waals surface area contributed by atoms with Crippen LogP contribution >= 0.6 is 35.4 Å². The molecular formula is C32H32Cl2N4O6S. The van der Waals surface area contributed by atoms with Gasteiger partial charge in [0.2, 0.25) is 0 Å². The third-order valence-corrected chi connectivity index (χ3v) is 7.23. The van der Waals surface area contributed by atoms with E-state index >= 15 is 0 Å². The van der Waals surface area contributed by atoms with Gasteiger partial charge < -0.3 is 29.6 Å². The lowest BCUT2D eigenvalue weighted by Gasteiger charge is -2.30. The van der Waals surface area contributed by atoms with Crippen LogP contribution in [0.2, 0.25) is 10.0 Å². The second-order valence-corrected chi connectivity index (χ2v) is 10.8. The number of thiocarbonyl (C=S) groups is 1. The summed E-state index contributed by atoms with van der Waals surface area (Å²) in [6, 6.07) is 16.9. The number of esters is 1. The Kier molecular flexibility index (Phi) is 12.0. The van der Waals surface area contributed by atoms with Gasteiger partial charge in [-0.25, -0.2) is 10.2 Å². The maximum absolute atomic E-state index is 12.8. The second-order valence-electron chi connectivity index (χ2n) is 9.57. The molecule has 0 radical (unpaired) electrons. The minimum Gasteiger partial charge on any atom is -0.490 e. The van der Waals surface area contributed by atoms with Crippen molar-refractivity contribution in [3.05, 3.63) is 98.7 Å². The van der Waals surface area contributed by atoms with Gasteiger partial charge in [0, 0.05) is 26.9 Å². The maximum Gasteiger partial charge on any atom is 0.338 e. The molecule has 3 aromatic rings. The molecular weight excluding hydrogens is 639 g/mol. The van der Waals surface area contributed by atoms with Gasteiger partial charge in [-0.1, -0.05) is 47.5 Å². The summed E-state index contributed by atoms with van der Waals surface area (Å²) in [5.74, 6) is 0.455. The first-order valence-corrected chi connectivity index (χ1v) is 15.2. The number of para-hydroxylation sites is 1. The number of hydrazone groups is 1. The number of carbonyl (C=O) groups is 2. The Morgan fingerprint density at radius 3 is 2.53 bits per heavy atom. The van der Waals surface area contributed by atoms with Gasteiger partial charge in [-0.3, -0.25) is 4.79 Å². The lowest BCUT2D eigenvalue weighted by molar-refractivity contribution is -0.139. The molecule has 4 rings (SSSR count). The number of hydrogen-bond donors (Lipinski definition) is 3. The van der Waals surface area contributed by atoms with Gasteiger partial charge in [0.05, 0.1) is 31.0 Å². The van der Waals surface area contributed by atoms with E-state index in [2.05, 4.69) is 21.2 Å². The van der Waals surface area contributed by atoms with Gasteiger partial charge in [-0.05, 0) is 75.0 Å². The molecule has 3 N–H and O–H groups in total. The van der Waals surface area contributed by atoms with Gasteiger partial charge in [0.1, 0.15) is 12.4 Å². The molecule has 0 unspecified atom stereocenters. The first-order valence-electron chi connectivity index (χ1n) is 14.0. The van der Waals surface area contributed by atoms with E-state index in [1.54, 1.807) is 74.5 Å². The largest absolute Gasteiger partial charge is 0.490 e. The Bertz CT molecular complexity index is 1630. The summed E-state index contributed by atoms with van der Waals surface area (Å²) in [5.41, 5.74) is 5.46. The Morgan fingerprint density at radius 2 is 1.78 bits per heavy atom. The fraction of sp³-hybridized carbons (Fsp3) is 0.250. The second kappa shape index (κ2) is 16.1. The number of nitrogens with zero attached hydrogens (tertiary/aromatic N) is 1. The van der Waals surface area contributed by atoms with E-state index in [9.17, 15) is 9.59 Å². The standard InChI is InChI=1S/C32H32Cl2N4O6S/c1-4-41-27-14-20(10-13-26(27)43-17-21-11-12-22(33)15-24(21)34)16-35-38-28(39)18-44-25-9-7-6-8-23(25)30-29(31(40)42-5-2)19(3)36-32(45)37-30/h6-16,30H,4-5,17-18H2,1-3H3,(H,38,39)(H2,36,37,45)/t30-/m1/s1. The summed E-state index contributed by atoms with van der Waals surface area (Å²) in [4.78, 5) is 25.4. The van der Waals surface area contributed by atoms with Gasteiger partial charge in [0.15, 0.2) is 23.2 Å². The average Bonchev–Trinajstić information content (AvgIpc) is 3.00. The van der Waals surface area contributed by atoms with E-state index in [0.29, 0.717) is 61.4 Å². The summed E-state index contributed by atoms with van der Waals surface area (Å²) < 4.78 is 22.8. The molecule has 3 aromatic carbocycles. The fourth-order valence-corrected chi connectivity index (χ4v) is 5.13. The van der Waals surface area contributed by atoms with Crippen molar-refractivity contribution in [2.24, 2.45) is 5.10 Å². The van der Waals surface area contributed by atoms with Crippen LogP contribution in [0.25, 0.3) is 0 Å². The number of ether oxygens (including phenoxy) is 4. The van der Waals surface area contributed by atoms with Gasteiger partial charge in [-0.2, -0.15) is 5.10 Å². The zero-order valence-electron chi connectivity index (χ0n) is 24.8. The highest BCUT2D eigenvalue weighted by Crippen LogP contribution is 2.34. The Balaban J connectivity index is 1.38. The van der Waals surface area contributed by atoms with Crippen LogP contribution in [0.15, 0.2) is 77.0 Å². The molecule has 0 spiro atoms. The molecule has 0 bridgehead atoms. The number of amides is 1. The first-order chi connectivity index (χ1) is 21.7. The quantitative estimate of drug-likeness (QED) is 0.0890. The third kappa shape index (κ3) is 9.10. The summed E-state index contributed by atoms with van der Waals surface area (Å²) in [5, 5.41) is 11.5. The van der Waals surface area contributed by atoms with E-state index in [1.165, 1.54) is 6.21 Å². The number of nitrogens with one attached hydrogen (secondary N) is 3. The maximum atomic E-state index is 12.8. The molecule has 1 aliphatic heterocycles. The molecule has 0 aliphatic carbocycles. The third-order valence-electron chi connectivity index (χ3n) is 6.42. The van der Waals surface area contributed by atoms with Crippen LogP contribution in [0.4, 0.5) is 0 Å². The predicted molar refractivity (Wildman–Crippen MR) is 177 cm³/mol. The zero-order chi connectivity index (χ0) is 32.3. The molecule has 0 saturated heterocycles. The number of benzene rings is 3. The molecule has 1 atom stereocenters. The fourth-order valence-electron chi connectivity index (χ4n) is 4.40. The highest BCUT2D eigenvalue weighted by Gasteiger charge is 2.32. The molecule has 10 nitrogen and oxygen atoms in total. The van der Waals surface area contributed by atoms with Gasteiger partial charge in [-0.15, -0.1) is 0 Å². The normalized spacial score (nSPS) is 14.4. The number of carbonyl (C=O) groups excluding carboxylic acids is 2. The Morgan fingerprint density at radius 1 is 0.978 bits per heavy atom. The van der Waals surface area contributed by atoms with Gasteiger partial charge in [0.25, 0.3) is 5.91 Å². The van der Waals surface area contributed by atoms with Crippen molar-refractivity contribution in [3.8, 4) is 17.2 Å². The van der Waals surface area contributed by atoms with Crippen molar-refractivity contribution in [1.29, 1.82) is 0 Å². The van der Waals surface area contributed by atoms with Crippen LogP contribution < -0.4 is 30.3 Å². The Labute approximate surface area is 276 Å². The molecule has 45 heavy (non-hydrogen) atoms. The Hall–Kier alpha value is -4.32. The van der Waals surface area contributed by atoms with Crippen molar-refractivity contribution < 1.29 is 28.5 Å². The lowest BCUT2D eigenvalue weighted by atomic mass is 9.95. The summed E-state index contributed by atoms with van der Waals surface area (Å²) >= 11 is 17.6. The number of rotatable bonds is 13. The van der Waals surface area contributed by atoms with E-state index in [0.717, 1.165) is 5.56 Å². The van der Waals surface area contributed by atoms with Crippen molar-refractivity contribution in [1.82, 2.24) is 16.1 Å². The van der Waals surface area contributed by atoms with Crippen molar-refractivity contribution in [3.63, 3.8) is 0 Å². The monoisotopic (exact) mass is 670 g/mol. The first kappa shape index (κ1) is 33.6. The molecule has 1 amide bonds. The van der Waals surface area contributed by atoms with Crippen LogP contribution in [0, 0.1) is 0 Å². The molecule has 1 aliphatic rings. The number of allylic oxidation sites excluding steroid dienone is 1. The zero-order valence-corrected chi connectivity index (χ0v) is 27.1. The molecule has 1 heterocycles. The summed E-state index contributed by atoms with van der Waals surface area (Å²) in [6.07, 6.45) is 1.48. The SMILES string of the molecule is CCOC(=O)C1=C(C)NC(=S)N[C@@H]1c1ccccc1OCC(=O)NN=Cc1ccc(OCc2ccc(Cl)cc2Cl)c(OCC)c1. The van der Waals surface area contributed by atoms with Gasteiger partial charge >= 0.3 is 5.97 Å². The van der Waals surface area contributed by atoms with Crippen LogP contribution in [-0.4, -0.2) is 43.0 Å². The van der Waals surface area contributed by atoms with Crippen LogP contribution in [0.3, 0.4) is 0 Å². The van der Waals surface area contributed by atoms with Crippen LogP contribution in [0.5, 0.6) is 17.2 Å². The van der Waals surface area contributed by atoms with E-state index < -0.39 is 17.9 Å². The van der Waals surface area contributed by atoms with Crippen molar-refractivity contribution in [2.75, 3.05) is 19.8 Å².